The maximum Gasteiger partial charge on any atom is 0.135 e. The van der Waals surface area contributed by atoms with Crippen molar-refractivity contribution in [3.05, 3.63) is 52.3 Å². The Labute approximate surface area is 106 Å². The summed E-state index contributed by atoms with van der Waals surface area (Å²) in [5.74, 6) is 0.791. The Morgan fingerprint density at radius 3 is 2.76 bits per heavy atom. The van der Waals surface area contributed by atoms with Crippen molar-refractivity contribution in [2.75, 3.05) is 0 Å². The van der Waals surface area contributed by atoms with Crippen LogP contribution in [0.1, 0.15) is 29.6 Å². The van der Waals surface area contributed by atoms with Gasteiger partial charge in [-0.05, 0) is 18.6 Å². The minimum atomic E-state index is 0.552. The van der Waals surface area contributed by atoms with Gasteiger partial charge in [-0.1, -0.05) is 24.6 Å². The third kappa shape index (κ3) is 2.80. The van der Waals surface area contributed by atoms with Gasteiger partial charge in [0.05, 0.1) is 5.69 Å². The molecule has 88 valence electrons. The van der Waals surface area contributed by atoms with Crippen molar-refractivity contribution < 1.29 is 0 Å². The SMILES string of the molecule is CCc1nc(Cl)c(C)c(Cc2cccnc2)n1. The zero-order chi connectivity index (χ0) is 12.3. The van der Waals surface area contributed by atoms with E-state index in [1.807, 2.05) is 32.2 Å². The smallest absolute Gasteiger partial charge is 0.135 e. The first-order chi connectivity index (χ1) is 8.20. The lowest BCUT2D eigenvalue weighted by Gasteiger charge is -2.08. The van der Waals surface area contributed by atoms with E-state index in [1.54, 1.807) is 6.20 Å². The average Bonchev–Trinajstić information content (AvgIpc) is 2.36. The molecule has 0 saturated heterocycles. The molecular formula is C13H14ClN3. The molecule has 0 fully saturated rings. The highest BCUT2D eigenvalue weighted by molar-refractivity contribution is 6.30. The van der Waals surface area contributed by atoms with Crippen LogP contribution in [0.25, 0.3) is 0 Å². The highest BCUT2D eigenvalue weighted by atomic mass is 35.5. The van der Waals surface area contributed by atoms with Crippen LogP contribution in [0.15, 0.2) is 24.5 Å². The molecule has 0 bridgehead atoms. The summed E-state index contributed by atoms with van der Waals surface area (Å²) in [6.07, 6.45) is 5.15. The van der Waals surface area contributed by atoms with Crippen LogP contribution in [0.5, 0.6) is 0 Å². The number of rotatable bonds is 3. The van der Waals surface area contributed by atoms with Gasteiger partial charge in [0.2, 0.25) is 0 Å². The summed E-state index contributed by atoms with van der Waals surface area (Å²) < 4.78 is 0. The van der Waals surface area contributed by atoms with Crippen molar-refractivity contribution in [3.8, 4) is 0 Å². The van der Waals surface area contributed by atoms with Gasteiger partial charge in [-0.3, -0.25) is 4.98 Å². The van der Waals surface area contributed by atoms with Crippen molar-refractivity contribution in [1.82, 2.24) is 15.0 Å². The number of nitrogens with zero attached hydrogens (tertiary/aromatic N) is 3. The Bertz CT molecular complexity index is 512. The summed E-state index contributed by atoms with van der Waals surface area (Å²) in [7, 11) is 0. The number of hydrogen-bond acceptors (Lipinski definition) is 3. The Kier molecular flexibility index (Phi) is 3.69. The molecule has 2 rings (SSSR count). The largest absolute Gasteiger partial charge is 0.264 e. The van der Waals surface area contributed by atoms with E-state index in [9.17, 15) is 0 Å². The maximum atomic E-state index is 6.10. The van der Waals surface area contributed by atoms with Gasteiger partial charge >= 0.3 is 0 Å². The fourth-order valence-electron chi connectivity index (χ4n) is 1.61. The minimum Gasteiger partial charge on any atom is -0.264 e. The summed E-state index contributed by atoms with van der Waals surface area (Å²) in [6.45, 7) is 3.97. The van der Waals surface area contributed by atoms with E-state index in [1.165, 1.54) is 0 Å². The molecule has 0 amide bonds. The van der Waals surface area contributed by atoms with E-state index >= 15 is 0 Å². The van der Waals surface area contributed by atoms with Gasteiger partial charge in [0.15, 0.2) is 0 Å². The molecule has 0 atom stereocenters. The second-order valence-corrected chi connectivity index (χ2v) is 4.25. The van der Waals surface area contributed by atoms with E-state index in [0.717, 1.165) is 35.5 Å². The van der Waals surface area contributed by atoms with Gasteiger partial charge in [-0.15, -0.1) is 0 Å². The van der Waals surface area contributed by atoms with Crippen LogP contribution in [0.4, 0.5) is 0 Å². The first-order valence-corrected chi connectivity index (χ1v) is 5.99. The average molecular weight is 248 g/mol. The molecule has 0 unspecified atom stereocenters. The van der Waals surface area contributed by atoms with E-state index in [4.69, 9.17) is 11.6 Å². The normalized spacial score (nSPS) is 10.5. The van der Waals surface area contributed by atoms with Gasteiger partial charge < -0.3 is 0 Å². The maximum absolute atomic E-state index is 6.10. The molecule has 4 heteroatoms. The summed E-state index contributed by atoms with van der Waals surface area (Å²) in [4.78, 5) is 12.9. The molecule has 2 aromatic rings. The lowest BCUT2D eigenvalue weighted by atomic mass is 10.1. The third-order valence-electron chi connectivity index (χ3n) is 2.64. The molecule has 2 heterocycles. The standard InChI is InChI=1S/C13H14ClN3/c1-3-12-16-11(9(2)13(14)17-12)7-10-5-4-6-15-8-10/h4-6,8H,3,7H2,1-2H3. The molecule has 0 radical (unpaired) electrons. The van der Waals surface area contributed by atoms with Crippen LogP contribution >= 0.6 is 11.6 Å². The van der Waals surface area contributed by atoms with Crippen LogP contribution < -0.4 is 0 Å². The van der Waals surface area contributed by atoms with Crippen LogP contribution in [0, 0.1) is 6.92 Å². The fourth-order valence-corrected chi connectivity index (χ4v) is 1.81. The highest BCUT2D eigenvalue weighted by Crippen LogP contribution is 2.18. The van der Waals surface area contributed by atoms with Gasteiger partial charge in [0.1, 0.15) is 11.0 Å². The summed E-state index contributed by atoms with van der Waals surface area (Å²) in [5.41, 5.74) is 3.06. The quantitative estimate of drug-likeness (QED) is 0.783. The highest BCUT2D eigenvalue weighted by Gasteiger charge is 2.09. The Balaban J connectivity index is 2.35. The van der Waals surface area contributed by atoms with Gasteiger partial charge in [-0.25, -0.2) is 9.97 Å². The monoisotopic (exact) mass is 247 g/mol. The van der Waals surface area contributed by atoms with Crippen LogP contribution in [-0.2, 0) is 12.8 Å². The predicted molar refractivity (Wildman–Crippen MR) is 68.2 cm³/mol. The molecule has 0 spiro atoms. The lowest BCUT2D eigenvalue weighted by Crippen LogP contribution is -2.03. The fraction of sp³-hybridized carbons (Fsp3) is 0.308. The minimum absolute atomic E-state index is 0.552. The first kappa shape index (κ1) is 12.0. The molecule has 2 aromatic heterocycles. The van der Waals surface area contributed by atoms with Gasteiger partial charge in [-0.2, -0.15) is 0 Å². The Morgan fingerprint density at radius 1 is 1.29 bits per heavy atom. The zero-order valence-corrected chi connectivity index (χ0v) is 10.7. The van der Waals surface area contributed by atoms with Crippen molar-refractivity contribution in [2.24, 2.45) is 0 Å². The van der Waals surface area contributed by atoms with E-state index in [0.29, 0.717) is 5.15 Å². The van der Waals surface area contributed by atoms with Gasteiger partial charge in [0.25, 0.3) is 0 Å². The van der Waals surface area contributed by atoms with Gasteiger partial charge in [0, 0.05) is 30.8 Å². The molecule has 3 nitrogen and oxygen atoms in total. The zero-order valence-electron chi connectivity index (χ0n) is 9.94. The number of halogens is 1. The van der Waals surface area contributed by atoms with Crippen molar-refractivity contribution in [3.63, 3.8) is 0 Å². The van der Waals surface area contributed by atoms with Crippen LogP contribution in [-0.4, -0.2) is 15.0 Å². The summed E-state index contributed by atoms with van der Waals surface area (Å²) in [5, 5.41) is 0.552. The molecule has 0 aliphatic rings. The van der Waals surface area contributed by atoms with E-state index in [2.05, 4.69) is 15.0 Å². The molecule has 17 heavy (non-hydrogen) atoms. The van der Waals surface area contributed by atoms with Crippen LogP contribution in [0.3, 0.4) is 0 Å². The third-order valence-corrected chi connectivity index (χ3v) is 3.01. The molecule has 0 saturated carbocycles. The van der Waals surface area contributed by atoms with Crippen molar-refractivity contribution in [2.45, 2.75) is 26.7 Å². The first-order valence-electron chi connectivity index (χ1n) is 5.61. The molecular weight excluding hydrogens is 234 g/mol. The van der Waals surface area contributed by atoms with Crippen LogP contribution in [0.2, 0.25) is 5.15 Å². The number of hydrogen-bond donors (Lipinski definition) is 0. The van der Waals surface area contributed by atoms with Crippen molar-refractivity contribution in [1.29, 1.82) is 0 Å². The topological polar surface area (TPSA) is 38.7 Å². The predicted octanol–water partition coefficient (Wildman–Crippen LogP) is 2.99. The molecule has 0 aliphatic heterocycles. The Morgan fingerprint density at radius 2 is 2.12 bits per heavy atom. The number of pyridine rings is 1. The second-order valence-electron chi connectivity index (χ2n) is 3.89. The van der Waals surface area contributed by atoms with E-state index < -0.39 is 0 Å². The molecule has 0 N–H and O–H groups in total. The summed E-state index contributed by atoms with van der Waals surface area (Å²) >= 11 is 6.10. The number of aromatic nitrogens is 3. The number of aryl methyl sites for hydroxylation is 1. The molecule has 0 aromatic carbocycles. The van der Waals surface area contributed by atoms with E-state index in [-0.39, 0.29) is 0 Å². The Hall–Kier alpha value is -1.48. The molecule has 0 aliphatic carbocycles. The van der Waals surface area contributed by atoms with Crippen molar-refractivity contribution >= 4 is 11.6 Å². The summed E-state index contributed by atoms with van der Waals surface area (Å²) in [6, 6.07) is 3.96. The second kappa shape index (κ2) is 5.23. The lowest BCUT2D eigenvalue weighted by molar-refractivity contribution is 0.881.